The zero-order chi connectivity index (χ0) is 39.4. The highest BCUT2D eigenvalue weighted by Gasteiger charge is 2.28. The molecule has 0 bridgehead atoms. The van der Waals surface area contributed by atoms with Crippen molar-refractivity contribution >= 4 is 17.5 Å². The van der Waals surface area contributed by atoms with Gasteiger partial charge in [0, 0.05) is 37.2 Å². The van der Waals surface area contributed by atoms with Crippen molar-refractivity contribution in [1.82, 2.24) is 10.2 Å². The molecule has 1 aliphatic heterocycles. The van der Waals surface area contributed by atoms with Crippen LogP contribution in [0.15, 0.2) is 66.7 Å². The summed E-state index contributed by atoms with van der Waals surface area (Å²) >= 11 is 6.92. The third-order valence-electron chi connectivity index (χ3n) is 10.9. The maximum atomic E-state index is 11.1. The van der Waals surface area contributed by atoms with Gasteiger partial charge >= 0.3 is 0 Å². The van der Waals surface area contributed by atoms with Crippen molar-refractivity contribution < 1.29 is 19.0 Å². The summed E-state index contributed by atoms with van der Waals surface area (Å²) in [5, 5.41) is 22.9. The van der Waals surface area contributed by atoms with E-state index in [0.29, 0.717) is 71.8 Å². The van der Waals surface area contributed by atoms with Crippen LogP contribution >= 0.6 is 11.6 Å². The zero-order valence-electron chi connectivity index (χ0n) is 32.5. The number of halogens is 1. The number of nitrogens with one attached hydrogen (secondary N) is 1. The van der Waals surface area contributed by atoms with Gasteiger partial charge in [0.15, 0.2) is 0 Å². The molecule has 6 rings (SSSR count). The van der Waals surface area contributed by atoms with Crippen molar-refractivity contribution in [2.45, 2.75) is 96.9 Å². The molecule has 0 spiro atoms. The molecule has 4 aromatic rings. The smallest absolute Gasteiger partial charge is 0.217 e. The Morgan fingerprint density at radius 2 is 1.71 bits per heavy atom. The Labute approximate surface area is 336 Å². The Hall–Kier alpha value is -5.06. The molecule has 10 heteroatoms. The van der Waals surface area contributed by atoms with Gasteiger partial charge in [0.05, 0.1) is 34.9 Å². The first-order valence-corrected chi connectivity index (χ1v) is 20.3. The van der Waals surface area contributed by atoms with Crippen LogP contribution in [-0.2, 0) is 24.4 Å². The van der Waals surface area contributed by atoms with Gasteiger partial charge in [0.2, 0.25) is 5.91 Å². The van der Waals surface area contributed by atoms with Crippen LogP contribution in [0.5, 0.6) is 17.2 Å². The van der Waals surface area contributed by atoms with Crippen molar-refractivity contribution in [3.8, 4) is 40.5 Å². The number of unbranched alkanes of at least 4 members (excludes halogenated alkanes) is 1. The number of ether oxygens (including phenoxy) is 3. The minimum atomic E-state index is -0.304. The summed E-state index contributed by atoms with van der Waals surface area (Å²) in [4.78, 5) is 13.7. The SMILES string of the molecule is Cc1c(OCCCN2CCCC[C@@H]2C)cccc1-c1cccc2c1CC[C@@H]2Oc1cc(OCc2cc(C#N)cc(C#N)c2)c(CNCCCCC(N)=O)cc1Cl. The fourth-order valence-electron chi connectivity index (χ4n) is 7.92. The minimum absolute atomic E-state index is 0.145. The molecule has 0 saturated carbocycles. The van der Waals surface area contributed by atoms with Crippen molar-refractivity contribution in [2.24, 2.45) is 5.73 Å². The second-order valence-corrected chi connectivity index (χ2v) is 15.4. The molecule has 2 aliphatic rings. The molecule has 56 heavy (non-hydrogen) atoms. The number of benzene rings is 4. The van der Waals surface area contributed by atoms with Gasteiger partial charge in [-0.25, -0.2) is 0 Å². The van der Waals surface area contributed by atoms with Crippen molar-refractivity contribution in [2.75, 3.05) is 26.2 Å². The number of carbonyl (C=O) groups excluding carboxylic acids is 1. The topological polar surface area (TPSA) is 134 Å². The molecule has 3 N–H and O–H groups in total. The third-order valence-corrected chi connectivity index (χ3v) is 11.2. The molecule has 1 saturated heterocycles. The Bertz CT molecular complexity index is 2060. The second kappa shape index (κ2) is 19.7. The van der Waals surface area contributed by atoms with Gasteiger partial charge in [-0.3, -0.25) is 4.79 Å². The number of nitrogens with two attached hydrogens (primary N) is 1. The predicted molar refractivity (Wildman–Crippen MR) is 220 cm³/mol. The van der Waals surface area contributed by atoms with E-state index < -0.39 is 0 Å². The predicted octanol–water partition coefficient (Wildman–Crippen LogP) is 9.09. The van der Waals surface area contributed by atoms with Crippen LogP contribution < -0.4 is 25.3 Å². The average Bonchev–Trinajstić information content (AvgIpc) is 3.62. The first-order valence-electron chi connectivity index (χ1n) is 19.9. The van der Waals surface area contributed by atoms with Crippen LogP contribution in [0, 0.1) is 29.6 Å². The Balaban J connectivity index is 1.17. The largest absolute Gasteiger partial charge is 0.493 e. The van der Waals surface area contributed by atoms with Gasteiger partial charge < -0.3 is 30.2 Å². The number of fused-ring (bicyclic) bond motifs is 1. The van der Waals surface area contributed by atoms with Gasteiger partial charge in [-0.15, -0.1) is 0 Å². The monoisotopic (exact) mass is 773 g/mol. The summed E-state index contributed by atoms with van der Waals surface area (Å²) < 4.78 is 19.4. The highest BCUT2D eigenvalue weighted by atomic mass is 35.5. The van der Waals surface area contributed by atoms with Gasteiger partial charge in [0.25, 0.3) is 0 Å². The van der Waals surface area contributed by atoms with Gasteiger partial charge in [0.1, 0.15) is 30.0 Å². The lowest BCUT2D eigenvalue weighted by atomic mass is 9.93. The van der Waals surface area contributed by atoms with E-state index in [1.54, 1.807) is 18.2 Å². The first-order chi connectivity index (χ1) is 27.2. The fraction of sp³-hybridized carbons (Fsp3) is 0.413. The molecule has 292 valence electrons. The number of amides is 1. The second-order valence-electron chi connectivity index (χ2n) is 15.0. The van der Waals surface area contributed by atoms with E-state index in [-0.39, 0.29) is 18.6 Å². The van der Waals surface area contributed by atoms with Crippen LogP contribution in [-0.4, -0.2) is 43.1 Å². The normalized spacial score (nSPS) is 16.4. The summed E-state index contributed by atoms with van der Waals surface area (Å²) in [6.45, 7) is 8.75. The lowest BCUT2D eigenvalue weighted by Crippen LogP contribution is -2.38. The molecule has 0 unspecified atom stereocenters. The zero-order valence-corrected chi connectivity index (χ0v) is 33.3. The number of primary amides is 1. The summed E-state index contributed by atoms with van der Waals surface area (Å²) in [6.07, 6.45) is 8.24. The summed E-state index contributed by atoms with van der Waals surface area (Å²) in [7, 11) is 0. The Kier molecular flexibility index (Phi) is 14.3. The Morgan fingerprint density at radius 3 is 2.48 bits per heavy atom. The van der Waals surface area contributed by atoms with Crippen LogP contribution in [0.1, 0.15) is 103 Å². The van der Waals surface area contributed by atoms with E-state index in [4.69, 9.17) is 31.5 Å². The number of nitriles is 2. The number of hydrogen-bond acceptors (Lipinski definition) is 8. The fourth-order valence-corrected chi connectivity index (χ4v) is 8.15. The molecule has 1 aliphatic carbocycles. The molecule has 4 aromatic carbocycles. The van der Waals surface area contributed by atoms with E-state index in [2.05, 4.69) is 72.6 Å². The molecule has 1 fully saturated rings. The van der Waals surface area contributed by atoms with Crippen LogP contribution in [0.3, 0.4) is 0 Å². The van der Waals surface area contributed by atoms with Crippen molar-refractivity contribution in [1.29, 1.82) is 10.5 Å². The molecular formula is C46H52ClN5O4. The van der Waals surface area contributed by atoms with E-state index in [0.717, 1.165) is 54.7 Å². The number of piperidine rings is 1. The van der Waals surface area contributed by atoms with Gasteiger partial charge in [-0.1, -0.05) is 48.4 Å². The molecule has 0 aromatic heterocycles. The summed E-state index contributed by atoms with van der Waals surface area (Å²) in [6, 6.07) is 26.4. The third kappa shape index (κ3) is 10.4. The first kappa shape index (κ1) is 40.6. The molecule has 1 heterocycles. The van der Waals surface area contributed by atoms with E-state index >= 15 is 0 Å². The number of rotatable bonds is 18. The molecule has 2 atom stereocenters. The molecule has 0 radical (unpaired) electrons. The van der Waals surface area contributed by atoms with Crippen LogP contribution in [0.2, 0.25) is 5.02 Å². The lowest BCUT2D eigenvalue weighted by Gasteiger charge is -2.33. The summed E-state index contributed by atoms with van der Waals surface area (Å²) in [5.74, 6) is 1.73. The van der Waals surface area contributed by atoms with Gasteiger partial charge in [-0.2, -0.15) is 10.5 Å². The number of nitrogens with zero attached hydrogens (tertiary/aromatic N) is 3. The van der Waals surface area contributed by atoms with E-state index in [9.17, 15) is 15.3 Å². The molecule has 1 amide bonds. The van der Waals surface area contributed by atoms with Crippen LogP contribution in [0.25, 0.3) is 11.1 Å². The highest BCUT2D eigenvalue weighted by Crippen LogP contribution is 2.44. The molecular weight excluding hydrogens is 722 g/mol. The highest BCUT2D eigenvalue weighted by molar-refractivity contribution is 6.32. The maximum Gasteiger partial charge on any atom is 0.217 e. The van der Waals surface area contributed by atoms with Crippen molar-refractivity contribution in [3.05, 3.63) is 111 Å². The minimum Gasteiger partial charge on any atom is -0.493 e. The van der Waals surface area contributed by atoms with E-state index in [1.807, 2.05) is 12.1 Å². The Morgan fingerprint density at radius 1 is 0.929 bits per heavy atom. The number of likely N-dealkylation sites (tertiary alicyclic amines) is 1. The number of hydrogen-bond donors (Lipinski definition) is 2. The lowest BCUT2D eigenvalue weighted by molar-refractivity contribution is -0.118. The van der Waals surface area contributed by atoms with Gasteiger partial charge in [-0.05, 0) is 136 Å². The summed E-state index contributed by atoms with van der Waals surface area (Å²) in [5.41, 5.74) is 13.5. The average molecular weight is 774 g/mol. The number of carbonyl (C=O) groups is 1. The maximum absolute atomic E-state index is 11.1. The van der Waals surface area contributed by atoms with Crippen molar-refractivity contribution in [3.63, 3.8) is 0 Å². The van der Waals surface area contributed by atoms with Crippen LogP contribution in [0.4, 0.5) is 0 Å². The standard InChI is InChI=1S/C46H52ClN5O4/c1-31-10-4-6-19-52(31)20-9-21-54-42-14-8-11-37(32(42)2)38-12-7-13-40-39(38)16-17-43(40)56-45-26-44(55-30-35-23-33(27-48)22-34(24-35)28-49)36(25-41(45)47)29-51-18-5-3-15-46(50)53/h7-8,11-14,22-26,31,43,51H,3-6,9-10,15-21,29-30H2,1-2H3,(H2,50,53)/t31-,43-/m0/s1. The molecule has 9 nitrogen and oxygen atoms in total. The van der Waals surface area contributed by atoms with E-state index in [1.165, 1.54) is 42.5 Å². The quantitative estimate of drug-likeness (QED) is 0.0957.